The van der Waals surface area contributed by atoms with Crippen molar-refractivity contribution in [1.29, 1.82) is 0 Å². The van der Waals surface area contributed by atoms with Crippen LogP contribution >= 0.6 is 0 Å². The Morgan fingerprint density at radius 2 is 1.32 bits per heavy atom. The summed E-state index contributed by atoms with van der Waals surface area (Å²) in [5, 5.41) is 16.3. The van der Waals surface area contributed by atoms with Crippen molar-refractivity contribution in [2.75, 3.05) is 0 Å². The summed E-state index contributed by atoms with van der Waals surface area (Å²) in [6, 6.07) is 7.74. The third-order valence-corrected chi connectivity index (χ3v) is 5.25. The fourth-order valence-electron chi connectivity index (χ4n) is 3.79. The average Bonchev–Trinajstić information content (AvgIpc) is 2.64. The number of aromatic carboxylic acids is 1. The number of hydrogen-bond acceptors (Lipinski definition) is 2. The van der Waals surface area contributed by atoms with E-state index < -0.39 is 5.97 Å². The lowest BCUT2D eigenvalue weighted by Crippen LogP contribution is -2.48. The zero-order valence-electron chi connectivity index (χ0n) is 14.8. The highest BCUT2D eigenvalue weighted by molar-refractivity contribution is 5.88. The molecule has 2 fully saturated rings. The van der Waals surface area contributed by atoms with Crippen molar-refractivity contribution in [3.05, 3.63) is 29.8 Å². The molecule has 25 heavy (non-hydrogen) atoms. The van der Waals surface area contributed by atoms with Gasteiger partial charge in [-0.25, -0.2) is 9.79 Å². The molecule has 2 aliphatic rings. The molecule has 0 aromatic heterocycles. The van der Waals surface area contributed by atoms with Gasteiger partial charge in [0, 0.05) is 12.1 Å². The van der Waals surface area contributed by atoms with E-state index >= 15 is 0 Å². The van der Waals surface area contributed by atoms with E-state index in [1.807, 2.05) is 0 Å². The fourth-order valence-corrected chi connectivity index (χ4v) is 3.79. The Hall–Kier alpha value is -2.04. The summed E-state index contributed by atoms with van der Waals surface area (Å²) in [4.78, 5) is 15.7. The van der Waals surface area contributed by atoms with Crippen molar-refractivity contribution in [3.8, 4) is 0 Å². The maximum absolute atomic E-state index is 11.0. The summed E-state index contributed by atoms with van der Waals surface area (Å²) < 4.78 is 0. The summed E-state index contributed by atoms with van der Waals surface area (Å²) in [7, 11) is 0. The number of carboxylic acids is 1. The lowest BCUT2D eigenvalue weighted by Gasteiger charge is -2.29. The zero-order valence-corrected chi connectivity index (χ0v) is 14.8. The number of nitrogens with one attached hydrogen (secondary N) is 2. The third-order valence-electron chi connectivity index (χ3n) is 5.25. The summed E-state index contributed by atoms with van der Waals surface area (Å²) in [6.45, 7) is 0. The number of carbonyl (C=O) groups is 1. The molecule has 0 saturated heterocycles. The first-order valence-electron chi connectivity index (χ1n) is 9.66. The minimum absolute atomic E-state index is 0.293. The van der Waals surface area contributed by atoms with Gasteiger partial charge in [-0.1, -0.05) is 38.5 Å². The Morgan fingerprint density at radius 1 is 0.840 bits per heavy atom. The minimum atomic E-state index is -0.906. The number of rotatable bonds is 4. The van der Waals surface area contributed by atoms with Crippen molar-refractivity contribution in [2.45, 2.75) is 76.3 Å². The Bertz CT molecular complexity index is 563. The molecule has 0 aliphatic heterocycles. The summed E-state index contributed by atoms with van der Waals surface area (Å²) in [5.41, 5.74) is 1.08. The van der Waals surface area contributed by atoms with Gasteiger partial charge in [0.2, 0.25) is 0 Å². The summed E-state index contributed by atoms with van der Waals surface area (Å²) >= 11 is 0. The number of aliphatic imine (C=N–C) groups is 1. The number of hydrogen-bond donors (Lipinski definition) is 3. The third kappa shape index (κ3) is 5.48. The van der Waals surface area contributed by atoms with E-state index in [1.165, 1.54) is 64.2 Å². The van der Waals surface area contributed by atoms with Crippen molar-refractivity contribution in [1.82, 2.24) is 10.6 Å². The molecule has 0 heterocycles. The molecule has 0 spiro atoms. The average molecular weight is 343 g/mol. The highest BCUT2D eigenvalue weighted by atomic mass is 16.4. The second-order valence-corrected chi connectivity index (χ2v) is 7.27. The van der Waals surface area contributed by atoms with Gasteiger partial charge >= 0.3 is 5.97 Å². The van der Waals surface area contributed by atoms with Crippen LogP contribution in [0.3, 0.4) is 0 Å². The standard InChI is InChI=1S/C20H29N3O2/c24-19(25)15-11-13-18(14-12-15)23-20(21-16-7-3-1-4-8-16)22-17-9-5-2-6-10-17/h11-14,16-17H,1-10H2,(H,24,25)(H2,21,22,23). The van der Waals surface area contributed by atoms with Gasteiger partial charge in [0.15, 0.2) is 5.96 Å². The summed E-state index contributed by atoms with van der Waals surface area (Å²) in [6.07, 6.45) is 12.6. The van der Waals surface area contributed by atoms with Crippen molar-refractivity contribution >= 4 is 17.6 Å². The lowest BCUT2D eigenvalue weighted by atomic mass is 9.95. The molecule has 2 saturated carbocycles. The molecule has 0 bridgehead atoms. The van der Waals surface area contributed by atoms with E-state index in [-0.39, 0.29) is 0 Å². The van der Waals surface area contributed by atoms with Crippen molar-refractivity contribution in [3.63, 3.8) is 0 Å². The molecule has 3 rings (SSSR count). The molecule has 2 aliphatic carbocycles. The molecule has 0 unspecified atom stereocenters. The van der Waals surface area contributed by atoms with Crippen LogP contribution in [0, 0.1) is 0 Å². The van der Waals surface area contributed by atoms with E-state index in [0.717, 1.165) is 11.6 Å². The van der Waals surface area contributed by atoms with Crippen LogP contribution in [-0.2, 0) is 0 Å². The highest BCUT2D eigenvalue weighted by Gasteiger charge is 2.18. The Balaban J connectivity index is 1.71. The van der Waals surface area contributed by atoms with Crippen LogP contribution in [0.1, 0.15) is 74.6 Å². The van der Waals surface area contributed by atoms with Gasteiger partial charge in [0.25, 0.3) is 0 Å². The monoisotopic (exact) mass is 343 g/mol. The highest BCUT2D eigenvalue weighted by Crippen LogP contribution is 2.20. The van der Waals surface area contributed by atoms with Crippen LogP contribution < -0.4 is 10.6 Å². The van der Waals surface area contributed by atoms with E-state index in [9.17, 15) is 4.79 Å². The van der Waals surface area contributed by atoms with E-state index in [2.05, 4.69) is 10.6 Å². The first-order valence-corrected chi connectivity index (χ1v) is 9.66. The van der Waals surface area contributed by atoms with Gasteiger partial charge in [-0.05, 0) is 49.9 Å². The van der Waals surface area contributed by atoms with Crippen LogP contribution in [0.25, 0.3) is 0 Å². The van der Waals surface area contributed by atoms with Gasteiger partial charge in [-0.2, -0.15) is 0 Å². The molecule has 1 aromatic rings. The predicted octanol–water partition coefficient (Wildman–Crippen LogP) is 4.22. The summed E-state index contributed by atoms with van der Waals surface area (Å²) in [5.74, 6) is -0.0571. The SMILES string of the molecule is O=C(O)c1ccc(N=C(NC2CCCCC2)NC2CCCCC2)cc1. The number of guanidine groups is 1. The van der Waals surface area contributed by atoms with Gasteiger partial charge in [0.1, 0.15) is 0 Å². The van der Waals surface area contributed by atoms with Crippen molar-refractivity contribution < 1.29 is 9.90 Å². The van der Waals surface area contributed by atoms with E-state index in [0.29, 0.717) is 17.6 Å². The molecule has 1 aromatic carbocycles. The molecular formula is C20H29N3O2. The van der Waals surface area contributed by atoms with Crippen LogP contribution in [0.2, 0.25) is 0 Å². The first-order chi connectivity index (χ1) is 12.2. The smallest absolute Gasteiger partial charge is 0.335 e. The Morgan fingerprint density at radius 3 is 1.76 bits per heavy atom. The van der Waals surface area contributed by atoms with Gasteiger partial charge in [-0.3, -0.25) is 0 Å². The molecular weight excluding hydrogens is 314 g/mol. The van der Waals surface area contributed by atoms with E-state index in [1.54, 1.807) is 24.3 Å². The van der Waals surface area contributed by atoms with Gasteiger partial charge in [-0.15, -0.1) is 0 Å². The molecule has 0 atom stereocenters. The quantitative estimate of drug-likeness (QED) is 0.565. The molecule has 0 amide bonds. The molecule has 136 valence electrons. The first kappa shape index (κ1) is 17.8. The Labute approximate surface area is 149 Å². The second kappa shape index (κ2) is 8.88. The van der Waals surface area contributed by atoms with E-state index in [4.69, 9.17) is 10.1 Å². The van der Waals surface area contributed by atoms with Gasteiger partial charge in [0.05, 0.1) is 11.3 Å². The van der Waals surface area contributed by atoms with Gasteiger partial charge < -0.3 is 15.7 Å². The predicted molar refractivity (Wildman–Crippen MR) is 101 cm³/mol. The van der Waals surface area contributed by atoms with Crippen LogP contribution in [-0.4, -0.2) is 29.1 Å². The molecule has 0 radical (unpaired) electrons. The van der Waals surface area contributed by atoms with Crippen molar-refractivity contribution in [2.24, 2.45) is 4.99 Å². The largest absolute Gasteiger partial charge is 0.478 e. The minimum Gasteiger partial charge on any atom is -0.478 e. The number of carboxylic acid groups (broad SMARTS) is 1. The molecule has 5 heteroatoms. The molecule has 5 nitrogen and oxygen atoms in total. The topological polar surface area (TPSA) is 73.7 Å². The second-order valence-electron chi connectivity index (χ2n) is 7.27. The number of benzene rings is 1. The van der Waals surface area contributed by atoms with Crippen LogP contribution in [0.15, 0.2) is 29.3 Å². The number of nitrogens with zero attached hydrogens (tertiary/aromatic N) is 1. The molecule has 3 N–H and O–H groups in total. The fraction of sp³-hybridized carbons (Fsp3) is 0.600. The maximum Gasteiger partial charge on any atom is 0.335 e. The zero-order chi connectivity index (χ0) is 17.5. The van der Waals surface area contributed by atoms with Crippen LogP contribution in [0.4, 0.5) is 5.69 Å². The van der Waals surface area contributed by atoms with Crippen LogP contribution in [0.5, 0.6) is 0 Å². The Kier molecular flexibility index (Phi) is 6.31. The maximum atomic E-state index is 11.0. The normalized spacial score (nSPS) is 19.2. The lowest BCUT2D eigenvalue weighted by molar-refractivity contribution is 0.0697.